The highest BCUT2D eigenvalue weighted by atomic mass is 32.5. The van der Waals surface area contributed by atoms with Crippen LogP contribution in [0.2, 0.25) is 0 Å². The van der Waals surface area contributed by atoms with Crippen molar-refractivity contribution < 1.29 is 42.2 Å². The SMILES string of the molecule is Cc1ncnc2c1ncn2[C@@H]1O[C@@H]2COP(O)(=S)O[C@@H]3[C@H](C)[C@@H](COP(O)(=S)O[C@H]2[C@H]1C)O[C@H]3n1c(=O)[nH]c2c(NC(=O)c3ccccc3)ncnc21. The van der Waals surface area contributed by atoms with Crippen LogP contribution >= 0.6 is 13.4 Å². The number of aromatic nitrogens is 8. The lowest BCUT2D eigenvalue weighted by Gasteiger charge is -2.28. The summed E-state index contributed by atoms with van der Waals surface area (Å²) in [6.45, 7) is -3.28. The van der Waals surface area contributed by atoms with Gasteiger partial charge in [0.05, 0.1) is 31.3 Å². The molecule has 1 aromatic carbocycles. The molecule has 1 amide bonds. The van der Waals surface area contributed by atoms with Crippen molar-refractivity contribution in [1.82, 2.24) is 39.0 Å². The molecule has 0 saturated carbocycles. The van der Waals surface area contributed by atoms with Crippen LogP contribution in [-0.2, 0) is 51.2 Å². The van der Waals surface area contributed by atoms with Gasteiger partial charge in [0.1, 0.15) is 48.2 Å². The molecule has 0 aliphatic carbocycles. The van der Waals surface area contributed by atoms with Gasteiger partial charge in [-0.3, -0.25) is 9.36 Å². The van der Waals surface area contributed by atoms with Crippen LogP contribution in [0.5, 0.6) is 0 Å². The van der Waals surface area contributed by atoms with Crippen molar-refractivity contribution in [2.24, 2.45) is 11.8 Å². The molecule has 7 heterocycles. The zero-order valence-corrected chi connectivity index (χ0v) is 31.6. The lowest BCUT2D eigenvalue weighted by atomic mass is 10.0. The number of hydrogen-bond donors (Lipinski definition) is 4. The van der Waals surface area contributed by atoms with Gasteiger partial charge in [-0.25, -0.2) is 34.3 Å². The summed E-state index contributed by atoms with van der Waals surface area (Å²) in [5, 5.41) is 2.70. The maximum atomic E-state index is 13.6. The molecule has 10 atom stereocenters. The molecule has 2 unspecified atom stereocenters. The van der Waals surface area contributed by atoms with Gasteiger partial charge in [0.25, 0.3) is 5.91 Å². The Kier molecular flexibility index (Phi) is 9.66. The highest BCUT2D eigenvalue weighted by Crippen LogP contribution is 2.55. The van der Waals surface area contributed by atoms with Crippen LogP contribution in [0.3, 0.4) is 0 Å². The number of carbonyl (C=O) groups is 1. The van der Waals surface area contributed by atoms with Crippen molar-refractivity contribution >= 4 is 71.1 Å². The normalized spacial score (nSPS) is 33.6. The molecule has 23 heteroatoms. The van der Waals surface area contributed by atoms with Crippen LogP contribution < -0.4 is 11.0 Å². The number of fused-ring (bicyclic) bond motifs is 5. The summed E-state index contributed by atoms with van der Waals surface area (Å²) in [5.74, 6) is -1.47. The number of anilines is 1. The number of benzene rings is 1. The molecule has 53 heavy (non-hydrogen) atoms. The molecule has 4 aromatic heterocycles. The number of hydrogen-bond acceptors (Lipinski definition) is 15. The Labute approximate surface area is 310 Å². The first kappa shape index (κ1) is 36.5. The second-order valence-electron chi connectivity index (χ2n) is 12.8. The number of nitrogens with zero attached hydrogens (tertiary/aromatic N) is 7. The fourth-order valence-corrected chi connectivity index (χ4v) is 9.79. The van der Waals surface area contributed by atoms with Crippen LogP contribution in [0, 0.1) is 18.8 Å². The summed E-state index contributed by atoms with van der Waals surface area (Å²) in [6, 6.07) is 8.47. The van der Waals surface area contributed by atoms with E-state index in [0.29, 0.717) is 22.4 Å². The van der Waals surface area contributed by atoms with Crippen LogP contribution in [0.15, 0.2) is 54.1 Å². The number of aromatic amines is 1. The smallest absolute Gasteiger partial charge is 0.330 e. The lowest BCUT2D eigenvalue weighted by molar-refractivity contribution is -0.0605. The number of ether oxygens (including phenoxy) is 2. The second kappa shape index (κ2) is 14.0. The third-order valence-corrected chi connectivity index (χ3v) is 12.6. The first-order chi connectivity index (χ1) is 25.3. The molecule has 280 valence electrons. The van der Waals surface area contributed by atoms with Crippen molar-refractivity contribution in [2.75, 3.05) is 18.5 Å². The van der Waals surface area contributed by atoms with Crippen molar-refractivity contribution in [3.05, 3.63) is 71.1 Å². The average Bonchev–Trinajstić information content (AvgIpc) is 3.86. The standard InChI is InChI=1S/C30H33N9O10P2S2/c1-14-18-9-44-50(42,52)48-22-15(2)28(38-13-35-20-16(3)31-11-33-25(20)38)47-19(22)10-45-51(43,53)49-23(14)29(46-18)39-26-21(36-30(39)41)24(32-12-34-26)37-27(40)17-7-5-4-6-8-17/h4-8,11-15,18-19,22-23,28-29H,9-10H2,1-3H3,(H,36,41)(H,42,52)(H,43,53)(H,32,34,37,40)/t14-,15-,18-,19-,22+,23-,28-,29-,50?,51?/m1/s1. The molecule has 3 fully saturated rings. The lowest BCUT2D eigenvalue weighted by Crippen LogP contribution is -2.33. The van der Waals surface area contributed by atoms with E-state index in [1.165, 1.54) is 17.2 Å². The van der Waals surface area contributed by atoms with Crippen LogP contribution in [-0.4, -0.2) is 92.4 Å². The van der Waals surface area contributed by atoms with E-state index in [4.69, 9.17) is 51.2 Å². The first-order valence-corrected chi connectivity index (χ1v) is 21.6. The minimum absolute atomic E-state index is 0.0453. The Hall–Kier alpha value is -3.43. The minimum atomic E-state index is -4.10. The van der Waals surface area contributed by atoms with Gasteiger partial charge in [0.2, 0.25) is 0 Å². The van der Waals surface area contributed by atoms with Gasteiger partial charge < -0.3 is 47.7 Å². The quantitative estimate of drug-likeness (QED) is 0.191. The van der Waals surface area contributed by atoms with Crippen LogP contribution in [0.4, 0.5) is 5.82 Å². The summed E-state index contributed by atoms with van der Waals surface area (Å²) < 4.78 is 39.5. The Balaban J connectivity index is 1.09. The van der Waals surface area contributed by atoms with E-state index < -0.39 is 73.7 Å². The number of nitrogens with one attached hydrogen (secondary N) is 2. The van der Waals surface area contributed by atoms with E-state index in [9.17, 15) is 19.4 Å². The van der Waals surface area contributed by atoms with Crippen molar-refractivity contribution in [1.29, 1.82) is 0 Å². The number of carbonyl (C=O) groups excluding carboxylic acids is 1. The van der Waals surface area contributed by atoms with Crippen molar-refractivity contribution in [3.63, 3.8) is 0 Å². The summed E-state index contributed by atoms with van der Waals surface area (Å²) in [5.41, 5.74) is 1.68. The highest BCUT2D eigenvalue weighted by Gasteiger charge is 2.51. The van der Waals surface area contributed by atoms with E-state index >= 15 is 0 Å². The van der Waals surface area contributed by atoms with Gasteiger partial charge in [0.15, 0.2) is 23.3 Å². The predicted molar refractivity (Wildman–Crippen MR) is 193 cm³/mol. The van der Waals surface area contributed by atoms with E-state index in [0.717, 1.165) is 0 Å². The van der Waals surface area contributed by atoms with E-state index in [1.807, 2.05) is 13.8 Å². The molecular weight excluding hydrogens is 772 g/mol. The van der Waals surface area contributed by atoms with Crippen molar-refractivity contribution in [3.8, 4) is 0 Å². The number of imidazole rings is 2. The van der Waals surface area contributed by atoms with Crippen LogP contribution in [0.1, 0.15) is 42.4 Å². The molecule has 8 rings (SSSR count). The van der Waals surface area contributed by atoms with Gasteiger partial charge in [0, 0.05) is 17.4 Å². The van der Waals surface area contributed by atoms with Gasteiger partial charge >= 0.3 is 19.1 Å². The van der Waals surface area contributed by atoms with E-state index in [1.54, 1.807) is 48.1 Å². The largest absolute Gasteiger partial charge is 0.349 e. The second-order valence-corrected chi connectivity index (χ2v) is 18.4. The molecule has 5 aromatic rings. The highest BCUT2D eigenvalue weighted by molar-refractivity contribution is 8.07. The zero-order valence-electron chi connectivity index (χ0n) is 28.2. The maximum Gasteiger partial charge on any atom is 0.330 e. The Morgan fingerprint density at radius 1 is 0.887 bits per heavy atom. The monoisotopic (exact) mass is 805 g/mol. The molecule has 3 aliphatic rings. The number of rotatable bonds is 4. The fourth-order valence-electron chi connectivity index (χ4n) is 6.79. The average molecular weight is 806 g/mol. The molecule has 19 nitrogen and oxygen atoms in total. The molecule has 3 aliphatic heterocycles. The Bertz CT molecular complexity index is 2360. The van der Waals surface area contributed by atoms with Crippen LogP contribution in [0.25, 0.3) is 22.3 Å². The van der Waals surface area contributed by atoms with E-state index in [2.05, 4.69) is 35.2 Å². The molecular formula is C30H33N9O10P2S2. The number of amides is 1. The molecule has 0 spiro atoms. The summed E-state index contributed by atoms with van der Waals surface area (Å²) in [6.07, 6.45) is -1.50. The van der Waals surface area contributed by atoms with E-state index in [-0.39, 0.29) is 30.2 Å². The predicted octanol–water partition coefficient (Wildman–Crippen LogP) is 2.84. The first-order valence-electron chi connectivity index (χ1n) is 16.4. The third-order valence-electron chi connectivity index (χ3n) is 9.51. The molecule has 4 N–H and O–H groups in total. The van der Waals surface area contributed by atoms with Gasteiger partial charge in [-0.05, 0) is 42.7 Å². The van der Waals surface area contributed by atoms with Gasteiger partial charge in [-0.1, -0.05) is 32.0 Å². The van der Waals surface area contributed by atoms with Crippen molar-refractivity contribution in [2.45, 2.75) is 57.6 Å². The molecule has 2 bridgehead atoms. The third kappa shape index (κ3) is 6.90. The summed E-state index contributed by atoms with van der Waals surface area (Å²) >= 11 is 11.0. The Morgan fingerprint density at radius 2 is 1.55 bits per heavy atom. The minimum Gasteiger partial charge on any atom is -0.349 e. The fraction of sp³-hybridized carbons (Fsp3) is 0.433. The van der Waals surface area contributed by atoms with Gasteiger partial charge in [-0.2, -0.15) is 0 Å². The summed E-state index contributed by atoms with van der Waals surface area (Å²) in [7, 11) is 0. The molecule has 0 radical (unpaired) electrons. The zero-order chi connectivity index (χ0) is 37.2. The Morgan fingerprint density at radius 3 is 2.30 bits per heavy atom. The number of aryl methyl sites for hydroxylation is 1. The van der Waals surface area contributed by atoms with Gasteiger partial charge in [-0.15, -0.1) is 0 Å². The molecule has 3 saturated heterocycles. The maximum absolute atomic E-state index is 13.6. The topological polar surface area (TPSA) is 232 Å². The summed E-state index contributed by atoms with van der Waals surface area (Å²) in [4.78, 5) is 73.5. The number of H-pyrrole nitrogens is 1.